The molecule has 0 aromatic rings. The van der Waals surface area contributed by atoms with Crippen LogP contribution in [0.2, 0.25) is 19.6 Å². The van der Waals surface area contributed by atoms with Gasteiger partial charge in [0.2, 0.25) is 0 Å². The Bertz CT molecular complexity index is 236. The largest absolute Gasteiger partial charge is 0.380 e. The standard InChI is InChI=1S/C11H23NOSi/c1-8-11(4,13)10(9(2)3)12-14(5,6)7/h8-9,13H,1H2,2-7H3. The Morgan fingerprint density at radius 2 is 1.86 bits per heavy atom. The first kappa shape index (κ1) is 13.6. The van der Waals surface area contributed by atoms with Crippen LogP contribution in [0.4, 0.5) is 0 Å². The monoisotopic (exact) mass is 213 g/mol. The molecule has 1 unspecified atom stereocenters. The molecule has 1 atom stereocenters. The number of nitrogens with zero attached hydrogens (tertiary/aromatic N) is 1. The van der Waals surface area contributed by atoms with Crippen molar-refractivity contribution in [3.8, 4) is 0 Å². The maximum absolute atomic E-state index is 10.1. The quantitative estimate of drug-likeness (QED) is 0.435. The third-order valence-corrected chi connectivity index (χ3v) is 2.83. The van der Waals surface area contributed by atoms with E-state index in [9.17, 15) is 5.11 Å². The minimum Gasteiger partial charge on any atom is -0.380 e. The van der Waals surface area contributed by atoms with Crippen LogP contribution < -0.4 is 0 Å². The molecule has 0 rings (SSSR count). The van der Waals surface area contributed by atoms with Gasteiger partial charge in [0.05, 0.1) is 0 Å². The molecule has 0 saturated carbocycles. The number of hydrogen-bond donors (Lipinski definition) is 1. The van der Waals surface area contributed by atoms with E-state index < -0.39 is 13.8 Å². The van der Waals surface area contributed by atoms with E-state index in [1.807, 2.05) is 0 Å². The Kier molecular flexibility index (Phi) is 4.27. The summed E-state index contributed by atoms with van der Waals surface area (Å²) in [6.07, 6.45) is 1.56. The van der Waals surface area contributed by atoms with Gasteiger partial charge >= 0.3 is 0 Å². The van der Waals surface area contributed by atoms with E-state index in [-0.39, 0.29) is 5.92 Å². The molecule has 0 bridgehead atoms. The molecular weight excluding hydrogens is 190 g/mol. The molecule has 0 radical (unpaired) electrons. The molecule has 0 amide bonds. The van der Waals surface area contributed by atoms with E-state index in [0.29, 0.717) is 0 Å². The first-order chi connectivity index (χ1) is 6.10. The summed E-state index contributed by atoms with van der Waals surface area (Å²) in [5, 5.41) is 10.1. The Balaban J connectivity index is 5.17. The first-order valence-corrected chi connectivity index (χ1v) is 8.51. The van der Waals surface area contributed by atoms with E-state index in [0.717, 1.165) is 5.71 Å². The highest BCUT2D eigenvalue weighted by Crippen LogP contribution is 2.18. The van der Waals surface area contributed by atoms with E-state index in [1.54, 1.807) is 13.0 Å². The van der Waals surface area contributed by atoms with Crippen LogP contribution in [0.15, 0.2) is 17.3 Å². The minimum absolute atomic E-state index is 0.259. The van der Waals surface area contributed by atoms with Gasteiger partial charge in [0.25, 0.3) is 0 Å². The van der Waals surface area contributed by atoms with Gasteiger partial charge in [-0.25, -0.2) is 0 Å². The lowest BCUT2D eigenvalue weighted by molar-refractivity contribution is 0.179. The van der Waals surface area contributed by atoms with Gasteiger partial charge in [-0.3, -0.25) is 0 Å². The van der Waals surface area contributed by atoms with Crippen molar-refractivity contribution in [3.05, 3.63) is 12.7 Å². The molecule has 0 aromatic heterocycles. The number of aliphatic hydroxyl groups is 1. The second kappa shape index (κ2) is 4.40. The van der Waals surface area contributed by atoms with Crippen molar-refractivity contribution in [3.63, 3.8) is 0 Å². The highest BCUT2D eigenvalue weighted by Gasteiger charge is 2.28. The van der Waals surface area contributed by atoms with Crippen LogP contribution in [0, 0.1) is 5.92 Å². The maximum Gasteiger partial charge on any atom is 0.172 e. The van der Waals surface area contributed by atoms with Gasteiger partial charge in [0.1, 0.15) is 5.60 Å². The number of rotatable bonds is 4. The van der Waals surface area contributed by atoms with Crippen LogP contribution >= 0.6 is 0 Å². The van der Waals surface area contributed by atoms with Gasteiger partial charge in [-0.2, -0.15) is 0 Å². The molecule has 0 fully saturated rings. The van der Waals surface area contributed by atoms with Crippen LogP contribution in [0.3, 0.4) is 0 Å². The van der Waals surface area contributed by atoms with Crippen LogP contribution in [-0.2, 0) is 0 Å². The molecule has 3 heteroatoms. The molecule has 0 aliphatic rings. The van der Waals surface area contributed by atoms with Crippen molar-refractivity contribution in [2.75, 3.05) is 0 Å². The molecule has 0 aromatic carbocycles. The van der Waals surface area contributed by atoms with Gasteiger partial charge in [0, 0.05) is 5.71 Å². The molecular formula is C11H23NOSi. The fourth-order valence-corrected chi connectivity index (χ4v) is 2.50. The topological polar surface area (TPSA) is 32.6 Å². The SMILES string of the molecule is C=CC(C)(O)C(=N[Si](C)(C)C)C(C)C. The Morgan fingerprint density at radius 3 is 2.07 bits per heavy atom. The summed E-state index contributed by atoms with van der Waals surface area (Å²) < 4.78 is 4.69. The van der Waals surface area contributed by atoms with Crippen molar-refractivity contribution in [1.29, 1.82) is 0 Å². The van der Waals surface area contributed by atoms with Crippen LogP contribution in [0.25, 0.3) is 0 Å². The third kappa shape index (κ3) is 4.20. The zero-order chi connectivity index (χ0) is 11.6. The molecule has 0 heterocycles. The smallest absolute Gasteiger partial charge is 0.172 e. The molecule has 0 aliphatic heterocycles. The zero-order valence-electron chi connectivity index (χ0n) is 10.3. The summed E-state index contributed by atoms with van der Waals surface area (Å²) in [5.74, 6) is 0.259. The van der Waals surface area contributed by atoms with E-state index >= 15 is 0 Å². The average Bonchev–Trinajstić information content (AvgIpc) is 1.98. The molecule has 2 nitrogen and oxygen atoms in total. The fraction of sp³-hybridized carbons (Fsp3) is 0.727. The normalized spacial score (nSPS) is 18.1. The molecule has 0 aliphatic carbocycles. The second-order valence-electron chi connectivity index (χ2n) is 5.17. The Hall–Kier alpha value is -0.413. The van der Waals surface area contributed by atoms with E-state index in [1.165, 1.54) is 0 Å². The predicted octanol–water partition coefficient (Wildman–Crippen LogP) is 2.86. The third-order valence-electron chi connectivity index (χ3n) is 1.92. The minimum atomic E-state index is -1.53. The van der Waals surface area contributed by atoms with Crippen molar-refractivity contribution in [2.24, 2.45) is 10.6 Å². The summed E-state index contributed by atoms with van der Waals surface area (Å²) >= 11 is 0. The zero-order valence-corrected chi connectivity index (χ0v) is 11.3. The van der Waals surface area contributed by atoms with Crippen LogP contribution in [0.5, 0.6) is 0 Å². The van der Waals surface area contributed by atoms with E-state index in [4.69, 9.17) is 0 Å². The van der Waals surface area contributed by atoms with Crippen LogP contribution in [0.1, 0.15) is 20.8 Å². The Labute approximate surface area is 88.8 Å². The summed E-state index contributed by atoms with van der Waals surface area (Å²) in [4.78, 5) is 0. The predicted molar refractivity (Wildman–Crippen MR) is 66.4 cm³/mol. The lowest BCUT2D eigenvalue weighted by Gasteiger charge is -2.27. The van der Waals surface area contributed by atoms with Crippen molar-refractivity contribution in [1.82, 2.24) is 0 Å². The van der Waals surface area contributed by atoms with Crippen molar-refractivity contribution in [2.45, 2.75) is 46.0 Å². The summed E-state index contributed by atoms with van der Waals surface area (Å²) in [5.41, 5.74) is -0.110. The second-order valence-corrected chi connectivity index (χ2v) is 9.74. The maximum atomic E-state index is 10.1. The lowest BCUT2D eigenvalue weighted by atomic mass is 9.92. The molecule has 82 valence electrons. The van der Waals surface area contributed by atoms with Gasteiger partial charge in [0.15, 0.2) is 8.24 Å². The molecule has 1 N–H and O–H groups in total. The summed E-state index contributed by atoms with van der Waals surface area (Å²) in [6.45, 7) is 16.0. The summed E-state index contributed by atoms with van der Waals surface area (Å²) in [7, 11) is -1.53. The van der Waals surface area contributed by atoms with Crippen molar-refractivity contribution >= 4 is 13.9 Å². The number of hydrogen-bond acceptors (Lipinski definition) is 2. The Morgan fingerprint density at radius 1 is 1.43 bits per heavy atom. The molecule has 0 spiro atoms. The average molecular weight is 213 g/mol. The highest BCUT2D eigenvalue weighted by molar-refractivity contribution is 6.75. The van der Waals surface area contributed by atoms with Crippen molar-refractivity contribution < 1.29 is 5.11 Å². The summed E-state index contributed by atoms with van der Waals surface area (Å²) in [6, 6.07) is 0. The molecule has 0 saturated heterocycles. The van der Waals surface area contributed by atoms with Crippen LogP contribution in [-0.4, -0.2) is 24.7 Å². The van der Waals surface area contributed by atoms with E-state index in [2.05, 4.69) is 44.7 Å². The highest BCUT2D eigenvalue weighted by atomic mass is 28.3. The van der Waals surface area contributed by atoms with Gasteiger partial charge in [-0.15, -0.1) is 0 Å². The lowest BCUT2D eigenvalue weighted by Crippen LogP contribution is -2.39. The van der Waals surface area contributed by atoms with Gasteiger partial charge < -0.3 is 9.76 Å². The first-order valence-electron chi connectivity index (χ1n) is 5.06. The van der Waals surface area contributed by atoms with Gasteiger partial charge in [-0.1, -0.05) is 26.5 Å². The van der Waals surface area contributed by atoms with Gasteiger partial charge in [-0.05, 0) is 32.5 Å². The molecule has 14 heavy (non-hydrogen) atoms. The fourth-order valence-electron chi connectivity index (χ4n) is 1.29.